The van der Waals surface area contributed by atoms with E-state index in [0.717, 1.165) is 0 Å². The van der Waals surface area contributed by atoms with E-state index < -0.39 is 10.0 Å². The number of amidine groups is 1. The van der Waals surface area contributed by atoms with Gasteiger partial charge < -0.3 is 5.11 Å². The monoisotopic (exact) mass is 301 g/mol. The summed E-state index contributed by atoms with van der Waals surface area (Å²) in [6.07, 6.45) is 1.39. The molecule has 6 nitrogen and oxygen atoms in total. The van der Waals surface area contributed by atoms with Gasteiger partial charge in [-0.1, -0.05) is 24.3 Å². The van der Waals surface area contributed by atoms with Crippen LogP contribution in [0, 0.1) is 0 Å². The smallest absolute Gasteiger partial charge is 0.285 e. The number of nitrogens with zero attached hydrogens (tertiary/aromatic N) is 2. The molecule has 3 rings (SSSR count). The van der Waals surface area contributed by atoms with Gasteiger partial charge in [-0.2, -0.15) is 13.5 Å². The molecule has 0 spiro atoms. The summed E-state index contributed by atoms with van der Waals surface area (Å²) in [6, 6.07) is 13.2. The number of hydrogen-bond acceptors (Lipinski definition) is 5. The molecule has 7 heteroatoms. The molecule has 21 heavy (non-hydrogen) atoms. The molecule has 0 atom stereocenters. The Balaban J connectivity index is 1.86. The van der Waals surface area contributed by atoms with E-state index in [9.17, 15) is 13.5 Å². The van der Waals surface area contributed by atoms with Gasteiger partial charge in [0.1, 0.15) is 10.6 Å². The number of phenolic OH excluding ortho intramolecular Hbond substituents is 1. The molecule has 1 heterocycles. The zero-order chi connectivity index (χ0) is 14.9. The van der Waals surface area contributed by atoms with Gasteiger partial charge in [-0.25, -0.2) is 0 Å². The molecule has 1 aliphatic rings. The van der Waals surface area contributed by atoms with Crippen LogP contribution in [0.15, 0.2) is 62.9 Å². The molecule has 0 saturated carbocycles. The third kappa shape index (κ3) is 2.50. The zero-order valence-electron chi connectivity index (χ0n) is 10.8. The van der Waals surface area contributed by atoms with Gasteiger partial charge in [0.25, 0.3) is 10.0 Å². The summed E-state index contributed by atoms with van der Waals surface area (Å²) in [5, 5.41) is 13.5. The second-order valence-corrected chi connectivity index (χ2v) is 5.91. The van der Waals surface area contributed by atoms with Crippen LogP contribution >= 0.6 is 0 Å². The fourth-order valence-electron chi connectivity index (χ4n) is 1.95. The van der Waals surface area contributed by atoms with Gasteiger partial charge in [0.05, 0.1) is 6.21 Å². The molecule has 1 aliphatic heterocycles. The first-order valence-electron chi connectivity index (χ1n) is 6.09. The largest absolute Gasteiger partial charge is 0.507 e. The van der Waals surface area contributed by atoms with Crippen molar-refractivity contribution < 1.29 is 13.5 Å². The van der Waals surface area contributed by atoms with Crippen LogP contribution in [0.25, 0.3) is 0 Å². The van der Waals surface area contributed by atoms with E-state index in [1.807, 2.05) is 0 Å². The third-order valence-electron chi connectivity index (χ3n) is 2.94. The van der Waals surface area contributed by atoms with Gasteiger partial charge in [0.15, 0.2) is 5.84 Å². The van der Waals surface area contributed by atoms with Gasteiger partial charge >= 0.3 is 0 Å². The minimum Gasteiger partial charge on any atom is -0.507 e. The standard InChI is InChI=1S/C14H11N3O3S/c18-12-7-3-1-5-10(12)9-15-16-14-11-6-2-4-8-13(11)21(19,20)17-14/h1-9,18H,(H,16,17)/b15-9+. The van der Waals surface area contributed by atoms with Crippen LogP contribution in [0.3, 0.4) is 0 Å². The van der Waals surface area contributed by atoms with Crippen LogP contribution in [0.1, 0.15) is 11.1 Å². The number of fused-ring (bicyclic) bond motifs is 1. The van der Waals surface area contributed by atoms with E-state index in [0.29, 0.717) is 11.1 Å². The van der Waals surface area contributed by atoms with Crippen LogP contribution in [0.4, 0.5) is 0 Å². The Kier molecular flexibility index (Phi) is 3.19. The van der Waals surface area contributed by atoms with E-state index in [4.69, 9.17) is 0 Å². The predicted octanol–water partition coefficient (Wildman–Crippen LogP) is 1.46. The van der Waals surface area contributed by atoms with E-state index in [1.54, 1.807) is 36.4 Å². The minimum atomic E-state index is -3.66. The van der Waals surface area contributed by atoms with Crippen molar-refractivity contribution in [2.75, 3.05) is 0 Å². The SMILES string of the molecule is O=S1(=O)N=C(N/N=C/c2ccccc2O)c2ccccc21. The summed E-state index contributed by atoms with van der Waals surface area (Å²) < 4.78 is 27.3. The Morgan fingerprint density at radius 2 is 1.81 bits per heavy atom. The molecule has 2 N–H and O–H groups in total. The van der Waals surface area contributed by atoms with Gasteiger partial charge in [0, 0.05) is 11.1 Å². The zero-order valence-corrected chi connectivity index (χ0v) is 11.6. The fourth-order valence-corrected chi connectivity index (χ4v) is 3.12. The number of para-hydroxylation sites is 1. The molecule has 0 unspecified atom stereocenters. The highest BCUT2D eigenvalue weighted by atomic mass is 32.2. The van der Waals surface area contributed by atoms with Crippen LogP contribution < -0.4 is 5.43 Å². The van der Waals surface area contributed by atoms with Crippen LogP contribution in [0.5, 0.6) is 5.75 Å². The van der Waals surface area contributed by atoms with E-state index in [2.05, 4.69) is 14.9 Å². The van der Waals surface area contributed by atoms with Crippen molar-refractivity contribution in [2.45, 2.75) is 4.90 Å². The van der Waals surface area contributed by atoms with Crippen LogP contribution in [-0.4, -0.2) is 25.6 Å². The molecular weight excluding hydrogens is 290 g/mol. The maximum atomic E-state index is 11.8. The van der Waals surface area contributed by atoms with Crippen molar-refractivity contribution in [3.05, 3.63) is 59.7 Å². The lowest BCUT2D eigenvalue weighted by Crippen LogP contribution is -2.17. The number of hydrazone groups is 1. The van der Waals surface area contributed by atoms with Crippen molar-refractivity contribution >= 4 is 22.1 Å². The average molecular weight is 301 g/mol. The highest BCUT2D eigenvalue weighted by molar-refractivity contribution is 7.90. The summed E-state index contributed by atoms with van der Waals surface area (Å²) in [6.45, 7) is 0. The molecule has 0 saturated heterocycles. The lowest BCUT2D eigenvalue weighted by Gasteiger charge is -2.01. The maximum absolute atomic E-state index is 11.8. The Labute approximate surface area is 121 Å². The van der Waals surface area contributed by atoms with Gasteiger partial charge in [-0.3, -0.25) is 5.43 Å². The highest BCUT2D eigenvalue weighted by Gasteiger charge is 2.28. The number of aromatic hydroxyl groups is 1. The lowest BCUT2D eigenvalue weighted by atomic mass is 10.2. The fraction of sp³-hybridized carbons (Fsp3) is 0. The Hall–Kier alpha value is -2.67. The van der Waals surface area contributed by atoms with Crippen molar-refractivity contribution in [3.8, 4) is 5.75 Å². The van der Waals surface area contributed by atoms with E-state index >= 15 is 0 Å². The first kappa shape index (κ1) is 13.3. The molecule has 2 aromatic rings. The Bertz CT molecular complexity index is 857. The predicted molar refractivity (Wildman–Crippen MR) is 79.0 cm³/mol. The number of nitrogens with one attached hydrogen (secondary N) is 1. The molecule has 0 fully saturated rings. The van der Waals surface area contributed by atoms with Gasteiger partial charge in [-0.15, -0.1) is 4.40 Å². The summed E-state index contributed by atoms with van der Waals surface area (Å²) in [7, 11) is -3.66. The van der Waals surface area contributed by atoms with Gasteiger partial charge in [-0.05, 0) is 24.3 Å². The number of sulfonamides is 1. The van der Waals surface area contributed by atoms with Crippen molar-refractivity contribution in [2.24, 2.45) is 9.50 Å². The Morgan fingerprint density at radius 1 is 1.10 bits per heavy atom. The molecule has 0 bridgehead atoms. The average Bonchev–Trinajstić information content (AvgIpc) is 2.73. The second kappa shape index (κ2) is 5.02. The first-order valence-corrected chi connectivity index (χ1v) is 7.53. The lowest BCUT2D eigenvalue weighted by molar-refractivity contribution is 0.474. The third-order valence-corrected chi connectivity index (χ3v) is 4.28. The molecular formula is C14H11N3O3S. The van der Waals surface area contributed by atoms with Crippen LogP contribution in [0.2, 0.25) is 0 Å². The topological polar surface area (TPSA) is 91.1 Å². The molecule has 2 aromatic carbocycles. The van der Waals surface area contributed by atoms with E-state index in [-0.39, 0.29) is 16.5 Å². The maximum Gasteiger partial charge on any atom is 0.285 e. The number of rotatable bonds is 2. The molecule has 0 amide bonds. The highest BCUT2D eigenvalue weighted by Crippen LogP contribution is 2.24. The summed E-state index contributed by atoms with van der Waals surface area (Å²) >= 11 is 0. The molecule has 106 valence electrons. The Morgan fingerprint density at radius 3 is 2.62 bits per heavy atom. The number of phenols is 1. The number of hydrogen-bond donors (Lipinski definition) is 2. The minimum absolute atomic E-state index is 0.0874. The normalized spacial score (nSPS) is 15.7. The molecule has 0 aliphatic carbocycles. The second-order valence-electron chi connectivity index (χ2n) is 4.34. The van der Waals surface area contributed by atoms with Crippen LogP contribution in [-0.2, 0) is 10.0 Å². The summed E-state index contributed by atoms with van der Waals surface area (Å²) in [5.41, 5.74) is 3.59. The summed E-state index contributed by atoms with van der Waals surface area (Å²) in [4.78, 5) is 0.158. The first-order chi connectivity index (χ1) is 10.1. The van der Waals surface area contributed by atoms with Gasteiger partial charge in [0.2, 0.25) is 0 Å². The van der Waals surface area contributed by atoms with Crippen molar-refractivity contribution in [3.63, 3.8) is 0 Å². The van der Waals surface area contributed by atoms with Crippen molar-refractivity contribution in [1.82, 2.24) is 5.43 Å². The molecule has 0 aromatic heterocycles. The molecule has 0 radical (unpaired) electrons. The quantitative estimate of drug-likeness (QED) is 0.649. The van der Waals surface area contributed by atoms with E-state index in [1.165, 1.54) is 18.3 Å². The number of benzene rings is 2. The van der Waals surface area contributed by atoms with Crippen molar-refractivity contribution in [1.29, 1.82) is 0 Å². The summed E-state index contributed by atoms with van der Waals surface area (Å²) in [5.74, 6) is 0.252.